The third-order valence-electron chi connectivity index (χ3n) is 10.3. The fourth-order valence-electron chi connectivity index (χ4n) is 7.23. The summed E-state index contributed by atoms with van der Waals surface area (Å²) in [5.74, 6) is -2.44. The number of piperidine rings is 1. The SMILES string of the molecule is CC(C)N1CC[C@H](N(Cc2ccccc2)[C@H]2CCCC(F)(F)[C@@H]2NC(=O)N2CCC(C)(c3noc([C@@H]4C[C@@H]4F)n3)CC2)C1. The Morgan fingerprint density at radius 1 is 1.14 bits per heavy atom. The van der Waals surface area contributed by atoms with Gasteiger partial charge in [-0.1, -0.05) is 42.4 Å². The lowest BCUT2D eigenvalue weighted by Gasteiger charge is -2.47. The van der Waals surface area contributed by atoms with Crippen LogP contribution in [0.2, 0.25) is 0 Å². The molecule has 0 unspecified atom stereocenters. The molecule has 0 bridgehead atoms. The van der Waals surface area contributed by atoms with Crippen LogP contribution in [0.5, 0.6) is 0 Å². The molecule has 0 spiro atoms. The van der Waals surface area contributed by atoms with Crippen LogP contribution in [0, 0.1) is 0 Å². The van der Waals surface area contributed by atoms with Crippen LogP contribution < -0.4 is 5.32 Å². The van der Waals surface area contributed by atoms with Gasteiger partial charge in [-0.25, -0.2) is 18.0 Å². The predicted molar refractivity (Wildman–Crippen MR) is 157 cm³/mol. The second-order valence-electron chi connectivity index (χ2n) is 13.7. The van der Waals surface area contributed by atoms with Gasteiger partial charge in [0.1, 0.15) is 12.2 Å². The summed E-state index contributed by atoms with van der Waals surface area (Å²) in [6, 6.07) is 8.38. The standard InChI is InChI=1S/C32H45F3N6O2/c1-21(2)40-15-11-23(20-40)41(19-22-8-5-4-6-9-22)26-10-7-12-32(34,35)27(26)36-30(42)39-16-13-31(3,14-17-39)29-37-28(43-38-29)24-18-25(24)33/h4-6,8-9,21,23-27H,7,10-20H2,1-3H3,(H,36,42)/t23-,24+,25-,26-,27+/m0/s1. The molecule has 4 fully saturated rings. The molecule has 3 heterocycles. The largest absolute Gasteiger partial charge is 0.339 e. The smallest absolute Gasteiger partial charge is 0.317 e. The quantitative estimate of drug-likeness (QED) is 0.430. The molecule has 11 heteroatoms. The topological polar surface area (TPSA) is 77.7 Å². The number of halogens is 3. The van der Waals surface area contributed by atoms with Gasteiger partial charge in [-0.2, -0.15) is 4.98 Å². The molecule has 8 nitrogen and oxygen atoms in total. The zero-order valence-corrected chi connectivity index (χ0v) is 25.5. The Labute approximate surface area is 252 Å². The van der Waals surface area contributed by atoms with Gasteiger partial charge in [-0.05, 0) is 57.9 Å². The lowest BCUT2D eigenvalue weighted by atomic mass is 9.79. The highest BCUT2D eigenvalue weighted by Crippen LogP contribution is 2.44. The van der Waals surface area contributed by atoms with E-state index in [2.05, 4.69) is 51.2 Å². The molecule has 6 rings (SSSR count). The van der Waals surface area contributed by atoms with E-state index in [0.717, 1.165) is 25.1 Å². The maximum absolute atomic E-state index is 15.8. The summed E-state index contributed by atoms with van der Waals surface area (Å²) in [6.45, 7) is 9.51. The highest BCUT2D eigenvalue weighted by atomic mass is 19.3. The van der Waals surface area contributed by atoms with Crippen LogP contribution in [0.25, 0.3) is 0 Å². The first-order valence-electron chi connectivity index (χ1n) is 16.0. The zero-order chi connectivity index (χ0) is 30.4. The summed E-state index contributed by atoms with van der Waals surface area (Å²) < 4.78 is 50.3. The van der Waals surface area contributed by atoms with E-state index in [4.69, 9.17) is 4.52 Å². The molecular formula is C32H45F3N6O2. The molecule has 1 aromatic carbocycles. The summed E-state index contributed by atoms with van der Waals surface area (Å²) >= 11 is 0. The van der Waals surface area contributed by atoms with E-state index in [1.165, 1.54) is 0 Å². The molecule has 4 aliphatic rings. The summed E-state index contributed by atoms with van der Waals surface area (Å²) in [4.78, 5) is 24.4. The van der Waals surface area contributed by atoms with Crippen molar-refractivity contribution in [2.24, 2.45) is 0 Å². The Bertz CT molecular complexity index is 1250. The summed E-state index contributed by atoms with van der Waals surface area (Å²) in [6.07, 6.45) is 2.37. The van der Waals surface area contributed by atoms with E-state index in [-0.39, 0.29) is 18.4 Å². The molecule has 0 radical (unpaired) electrons. The van der Waals surface area contributed by atoms with Gasteiger partial charge < -0.3 is 14.7 Å². The number of nitrogens with zero attached hydrogens (tertiary/aromatic N) is 5. The van der Waals surface area contributed by atoms with E-state index in [1.54, 1.807) is 4.90 Å². The van der Waals surface area contributed by atoms with Crippen LogP contribution in [0.3, 0.4) is 0 Å². The molecule has 2 aliphatic heterocycles. The van der Waals surface area contributed by atoms with Crippen LogP contribution in [0.4, 0.5) is 18.0 Å². The summed E-state index contributed by atoms with van der Waals surface area (Å²) in [7, 11) is 0. The highest BCUT2D eigenvalue weighted by Gasteiger charge is 2.52. The second kappa shape index (κ2) is 12.0. The monoisotopic (exact) mass is 602 g/mol. The number of rotatable bonds is 8. The molecule has 5 atom stereocenters. The van der Waals surface area contributed by atoms with E-state index in [1.807, 2.05) is 25.1 Å². The number of urea groups is 1. The predicted octanol–water partition coefficient (Wildman–Crippen LogP) is 5.50. The molecule has 1 aromatic heterocycles. The molecule has 236 valence electrons. The Morgan fingerprint density at radius 2 is 1.86 bits per heavy atom. The van der Waals surface area contributed by atoms with E-state index < -0.39 is 35.6 Å². The van der Waals surface area contributed by atoms with Crippen molar-refractivity contribution in [1.29, 1.82) is 0 Å². The Balaban J connectivity index is 1.16. The number of alkyl halides is 3. The number of carbonyl (C=O) groups is 1. The maximum Gasteiger partial charge on any atom is 0.317 e. The number of nitrogens with one attached hydrogen (secondary N) is 1. The van der Waals surface area contributed by atoms with Crippen molar-refractivity contribution in [3.63, 3.8) is 0 Å². The molecule has 1 N–H and O–H groups in total. The molecule has 2 aromatic rings. The van der Waals surface area contributed by atoms with Gasteiger partial charge in [-0.3, -0.25) is 9.80 Å². The third kappa shape index (κ3) is 6.43. The van der Waals surface area contributed by atoms with E-state index >= 15 is 8.78 Å². The van der Waals surface area contributed by atoms with E-state index in [0.29, 0.717) is 69.5 Å². The van der Waals surface area contributed by atoms with E-state index in [9.17, 15) is 9.18 Å². The Kier molecular flexibility index (Phi) is 8.49. The van der Waals surface area contributed by atoms with Crippen molar-refractivity contribution < 1.29 is 22.5 Å². The molecule has 2 saturated heterocycles. The number of likely N-dealkylation sites (tertiary alicyclic amines) is 2. The minimum atomic E-state index is -3.01. The minimum Gasteiger partial charge on any atom is -0.339 e. The average Bonchev–Trinajstić information content (AvgIpc) is 3.34. The number of hydrogen-bond acceptors (Lipinski definition) is 6. The fourth-order valence-corrected chi connectivity index (χ4v) is 7.23. The second-order valence-corrected chi connectivity index (χ2v) is 13.7. The number of carbonyl (C=O) groups excluding carboxylic acids is 1. The molecule has 43 heavy (non-hydrogen) atoms. The van der Waals surface area contributed by atoms with Gasteiger partial charge in [-0.15, -0.1) is 0 Å². The number of hydrogen-bond donors (Lipinski definition) is 1. The highest BCUT2D eigenvalue weighted by molar-refractivity contribution is 5.75. The summed E-state index contributed by atoms with van der Waals surface area (Å²) in [5.41, 5.74) is 0.668. The van der Waals surface area contributed by atoms with Gasteiger partial charge in [0.25, 0.3) is 5.92 Å². The van der Waals surface area contributed by atoms with Gasteiger partial charge in [0.15, 0.2) is 5.82 Å². The van der Waals surface area contributed by atoms with Crippen molar-refractivity contribution in [2.75, 3.05) is 26.2 Å². The first-order valence-corrected chi connectivity index (χ1v) is 16.0. The van der Waals surface area contributed by atoms with Crippen molar-refractivity contribution >= 4 is 6.03 Å². The van der Waals surface area contributed by atoms with Crippen LogP contribution in [-0.2, 0) is 12.0 Å². The van der Waals surface area contributed by atoms with Crippen molar-refractivity contribution in [3.05, 3.63) is 47.6 Å². The van der Waals surface area contributed by atoms with Crippen LogP contribution in [0.15, 0.2) is 34.9 Å². The van der Waals surface area contributed by atoms with Crippen LogP contribution in [-0.4, -0.2) is 93.3 Å². The first kappa shape index (κ1) is 30.4. The lowest BCUT2D eigenvalue weighted by Crippen LogP contribution is -2.65. The Morgan fingerprint density at radius 3 is 2.51 bits per heavy atom. The Hall–Kier alpha value is -2.66. The van der Waals surface area contributed by atoms with Gasteiger partial charge in [0.2, 0.25) is 5.89 Å². The molecule has 2 aliphatic carbocycles. The zero-order valence-electron chi connectivity index (χ0n) is 25.5. The number of amides is 2. The third-order valence-corrected chi connectivity index (χ3v) is 10.3. The normalized spacial score (nSPS) is 30.6. The maximum atomic E-state index is 15.8. The molecular weight excluding hydrogens is 557 g/mol. The van der Waals surface area contributed by atoms with Gasteiger partial charge in [0.05, 0.1) is 5.92 Å². The van der Waals surface area contributed by atoms with Crippen molar-refractivity contribution in [3.8, 4) is 0 Å². The molecule has 2 amide bonds. The number of aromatic nitrogens is 2. The van der Waals surface area contributed by atoms with Crippen molar-refractivity contribution in [1.82, 2.24) is 30.2 Å². The van der Waals surface area contributed by atoms with Crippen LogP contribution >= 0.6 is 0 Å². The summed E-state index contributed by atoms with van der Waals surface area (Å²) in [5, 5.41) is 6.97. The van der Waals surface area contributed by atoms with Crippen molar-refractivity contribution in [2.45, 2.75) is 120 Å². The lowest BCUT2D eigenvalue weighted by molar-refractivity contribution is -0.0990. The minimum absolute atomic E-state index is 0.139. The van der Waals surface area contributed by atoms with Gasteiger partial charge >= 0.3 is 6.03 Å². The molecule has 2 saturated carbocycles. The fraction of sp³-hybridized carbons (Fsp3) is 0.719. The van der Waals surface area contributed by atoms with Gasteiger partial charge in [0, 0.05) is 62.7 Å². The van der Waals surface area contributed by atoms with Crippen LogP contribution in [0.1, 0.15) is 88.9 Å². The average molecular weight is 603 g/mol. The number of benzene rings is 1. The first-order chi connectivity index (χ1) is 20.5.